The fourth-order valence-electron chi connectivity index (χ4n) is 2.29. The molecule has 0 fully saturated rings. The highest BCUT2D eigenvalue weighted by Crippen LogP contribution is 2.33. The average molecular weight is 343 g/mol. The zero-order chi connectivity index (χ0) is 18.1. The van der Waals surface area contributed by atoms with Crippen molar-refractivity contribution in [2.45, 2.75) is 26.1 Å². The fourth-order valence-corrected chi connectivity index (χ4v) is 2.29. The molecule has 9 heteroatoms. The van der Waals surface area contributed by atoms with Gasteiger partial charge in [-0.3, -0.25) is 9.59 Å². The number of nitrogens with zero attached hydrogens (tertiary/aromatic N) is 2. The van der Waals surface area contributed by atoms with E-state index in [9.17, 15) is 22.8 Å². The number of rotatable bonds is 4. The highest BCUT2D eigenvalue weighted by molar-refractivity contribution is 5.98. The molecular weight excluding hydrogens is 327 g/mol. The zero-order valence-corrected chi connectivity index (χ0v) is 13.3. The molecule has 1 amide bonds. The van der Waals surface area contributed by atoms with Crippen LogP contribution in [0.5, 0.6) is 0 Å². The van der Waals surface area contributed by atoms with Crippen LogP contribution in [0.2, 0.25) is 0 Å². The number of alkyl halides is 3. The van der Waals surface area contributed by atoms with Crippen LogP contribution in [0.3, 0.4) is 0 Å². The van der Waals surface area contributed by atoms with E-state index in [-0.39, 0.29) is 23.1 Å². The molecule has 0 radical (unpaired) electrons. The lowest BCUT2D eigenvalue weighted by Gasteiger charge is -2.14. The van der Waals surface area contributed by atoms with Crippen molar-refractivity contribution in [3.05, 3.63) is 29.6 Å². The van der Waals surface area contributed by atoms with Gasteiger partial charge in [0.2, 0.25) is 5.82 Å². The molecule has 1 N–H and O–H groups in total. The minimum Gasteiger partial charge on any atom is -0.468 e. The van der Waals surface area contributed by atoms with Gasteiger partial charge in [-0.2, -0.15) is 13.2 Å². The first-order valence-corrected chi connectivity index (χ1v) is 7.09. The number of benzene rings is 1. The van der Waals surface area contributed by atoms with Crippen LogP contribution >= 0.6 is 0 Å². The molecule has 0 aliphatic carbocycles. The second kappa shape index (κ2) is 6.50. The van der Waals surface area contributed by atoms with Gasteiger partial charge >= 0.3 is 12.1 Å². The van der Waals surface area contributed by atoms with Crippen molar-refractivity contribution in [3.8, 4) is 0 Å². The van der Waals surface area contributed by atoms with Gasteiger partial charge in [-0.25, -0.2) is 4.98 Å². The molecule has 2 rings (SSSR count). The Morgan fingerprint density at radius 1 is 1.33 bits per heavy atom. The molecule has 24 heavy (non-hydrogen) atoms. The molecule has 1 aromatic carbocycles. The molecule has 0 spiro atoms. The number of esters is 1. The number of carbonyl (C=O) groups excluding carboxylic acids is 2. The van der Waals surface area contributed by atoms with Crippen LogP contribution in [-0.4, -0.2) is 35.1 Å². The summed E-state index contributed by atoms with van der Waals surface area (Å²) in [6.45, 7) is 2.91. The Balaban J connectivity index is 2.41. The first kappa shape index (κ1) is 17.8. The maximum Gasteiger partial charge on any atom is 0.449 e. The third-order valence-corrected chi connectivity index (χ3v) is 3.34. The Labute approximate surface area is 135 Å². The number of imidazole rings is 1. The Kier molecular flexibility index (Phi) is 4.81. The van der Waals surface area contributed by atoms with Gasteiger partial charge in [0.15, 0.2) is 0 Å². The predicted octanol–water partition coefficient (Wildman–Crippen LogP) is 2.54. The summed E-state index contributed by atoms with van der Waals surface area (Å²) in [7, 11) is 1.18. The summed E-state index contributed by atoms with van der Waals surface area (Å²) >= 11 is 0. The highest BCUT2D eigenvalue weighted by atomic mass is 19.4. The van der Waals surface area contributed by atoms with E-state index in [1.54, 1.807) is 13.8 Å². The van der Waals surface area contributed by atoms with E-state index in [0.29, 0.717) is 0 Å². The number of ether oxygens (including phenoxy) is 1. The lowest BCUT2D eigenvalue weighted by Crippen LogP contribution is -2.30. The minimum absolute atomic E-state index is 0.0572. The maximum absolute atomic E-state index is 13.1. The molecular formula is C15H16F3N3O3. The molecule has 2 aromatic rings. The molecule has 1 aromatic heterocycles. The van der Waals surface area contributed by atoms with Crippen molar-refractivity contribution < 1.29 is 27.5 Å². The van der Waals surface area contributed by atoms with E-state index in [1.165, 1.54) is 25.3 Å². The number of carbonyl (C=O) groups is 2. The van der Waals surface area contributed by atoms with Gasteiger partial charge in [0.05, 0.1) is 18.1 Å². The van der Waals surface area contributed by atoms with Crippen LogP contribution < -0.4 is 5.32 Å². The number of aromatic nitrogens is 2. The molecule has 130 valence electrons. The smallest absolute Gasteiger partial charge is 0.449 e. The Morgan fingerprint density at radius 3 is 2.54 bits per heavy atom. The van der Waals surface area contributed by atoms with Crippen molar-refractivity contribution in [2.24, 2.45) is 0 Å². The second-order valence-corrected chi connectivity index (χ2v) is 5.36. The fraction of sp³-hybridized carbons (Fsp3) is 0.400. The summed E-state index contributed by atoms with van der Waals surface area (Å²) in [5.74, 6) is -2.25. The van der Waals surface area contributed by atoms with E-state index in [4.69, 9.17) is 0 Å². The molecule has 6 nitrogen and oxygen atoms in total. The monoisotopic (exact) mass is 343 g/mol. The van der Waals surface area contributed by atoms with Crippen molar-refractivity contribution in [3.63, 3.8) is 0 Å². The van der Waals surface area contributed by atoms with Crippen molar-refractivity contribution >= 4 is 22.9 Å². The van der Waals surface area contributed by atoms with Gasteiger partial charge < -0.3 is 14.6 Å². The molecule has 0 aliphatic heterocycles. The average Bonchev–Trinajstić information content (AvgIpc) is 2.91. The topological polar surface area (TPSA) is 73.2 Å². The first-order chi connectivity index (χ1) is 11.1. The number of halogens is 3. The van der Waals surface area contributed by atoms with Crippen molar-refractivity contribution in [1.82, 2.24) is 14.9 Å². The van der Waals surface area contributed by atoms with Crippen LogP contribution in [0, 0.1) is 0 Å². The third kappa shape index (κ3) is 3.50. The van der Waals surface area contributed by atoms with Crippen LogP contribution in [0.4, 0.5) is 13.2 Å². The van der Waals surface area contributed by atoms with E-state index in [2.05, 4.69) is 15.0 Å². The first-order valence-electron chi connectivity index (χ1n) is 7.09. The lowest BCUT2D eigenvalue weighted by atomic mass is 10.2. The minimum atomic E-state index is -4.60. The quantitative estimate of drug-likeness (QED) is 0.866. The van der Waals surface area contributed by atoms with E-state index in [1.807, 2.05) is 0 Å². The van der Waals surface area contributed by atoms with Crippen LogP contribution in [0.1, 0.15) is 36.1 Å². The Bertz CT molecular complexity index is 781. The maximum atomic E-state index is 13.1. The summed E-state index contributed by atoms with van der Waals surface area (Å²) in [6, 6.07) is 3.60. The van der Waals surface area contributed by atoms with E-state index < -0.39 is 29.9 Å². The number of fused-ring (bicyclic) bond motifs is 1. The predicted molar refractivity (Wildman–Crippen MR) is 79.5 cm³/mol. The van der Waals surface area contributed by atoms with Gasteiger partial charge in [0.25, 0.3) is 5.91 Å². The van der Waals surface area contributed by atoms with Crippen LogP contribution in [0.15, 0.2) is 18.2 Å². The lowest BCUT2D eigenvalue weighted by molar-refractivity contribution is -0.147. The third-order valence-electron chi connectivity index (χ3n) is 3.34. The molecule has 0 saturated heterocycles. The molecule has 0 aliphatic rings. The van der Waals surface area contributed by atoms with E-state index >= 15 is 0 Å². The largest absolute Gasteiger partial charge is 0.468 e. The molecule has 0 saturated carbocycles. The summed E-state index contributed by atoms with van der Waals surface area (Å²) in [5, 5.41) is 2.32. The molecule has 0 bridgehead atoms. The Hall–Kier alpha value is -2.58. The number of hydrogen-bond acceptors (Lipinski definition) is 4. The Morgan fingerprint density at radius 2 is 2.00 bits per heavy atom. The second-order valence-electron chi connectivity index (χ2n) is 5.36. The van der Waals surface area contributed by atoms with Gasteiger partial charge in [-0.1, -0.05) is 0 Å². The molecule has 1 heterocycles. The molecule has 0 atom stereocenters. The summed E-state index contributed by atoms with van der Waals surface area (Å²) in [5.41, 5.74) is 0.442. The normalized spacial score (nSPS) is 11.8. The number of amides is 1. The molecule has 0 unspecified atom stereocenters. The van der Waals surface area contributed by atoms with Crippen LogP contribution in [0.25, 0.3) is 11.0 Å². The van der Waals surface area contributed by atoms with Gasteiger partial charge in [0.1, 0.15) is 6.54 Å². The highest BCUT2D eigenvalue weighted by Gasteiger charge is 2.38. The standard InChI is InChI=1S/C15H16F3N3O3/c1-8(2)21-11-5-4-9(13(23)19-7-12(22)24-3)6-10(11)20-14(21)15(16,17)18/h4-6,8H,7H2,1-3H3,(H,19,23). The van der Waals surface area contributed by atoms with Crippen LogP contribution in [-0.2, 0) is 15.7 Å². The number of nitrogens with one attached hydrogen (secondary N) is 1. The van der Waals surface area contributed by atoms with Crippen molar-refractivity contribution in [1.29, 1.82) is 0 Å². The number of methoxy groups -OCH3 is 1. The zero-order valence-electron chi connectivity index (χ0n) is 13.3. The SMILES string of the molecule is COC(=O)CNC(=O)c1ccc2c(c1)nc(C(F)(F)F)n2C(C)C. The van der Waals surface area contributed by atoms with Gasteiger partial charge in [0, 0.05) is 11.6 Å². The summed E-state index contributed by atoms with van der Waals surface area (Å²) in [4.78, 5) is 26.6. The summed E-state index contributed by atoms with van der Waals surface area (Å²) in [6.07, 6.45) is -4.60. The van der Waals surface area contributed by atoms with E-state index in [0.717, 1.165) is 4.57 Å². The summed E-state index contributed by atoms with van der Waals surface area (Å²) < 4.78 is 44.9. The number of hydrogen-bond donors (Lipinski definition) is 1. The van der Waals surface area contributed by atoms with Gasteiger partial charge in [-0.15, -0.1) is 0 Å². The van der Waals surface area contributed by atoms with Gasteiger partial charge in [-0.05, 0) is 32.0 Å². The van der Waals surface area contributed by atoms with Crippen molar-refractivity contribution in [2.75, 3.05) is 13.7 Å².